The highest BCUT2D eigenvalue weighted by Gasteiger charge is 2.16. The second-order valence-corrected chi connectivity index (χ2v) is 5.84. The van der Waals surface area contributed by atoms with Gasteiger partial charge < -0.3 is 10.5 Å². The zero-order chi connectivity index (χ0) is 13.7. The summed E-state index contributed by atoms with van der Waals surface area (Å²) in [4.78, 5) is 0. The molecule has 2 nitrogen and oxygen atoms in total. The Kier molecular flexibility index (Phi) is 6.16. The maximum Gasteiger partial charge on any atom is 0.125 e. The molecule has 3 heteroatoms. The molecule has 0 aliphatic heterocycles. The van der Waals surface area contributed by atoms with Gasteiger partial charge in [-0.2, -0.15) is 0 Å². The number of hydrogen-bond acceptors (Lipinski definition) is 2. The van der Waals surface area contributed by atoms with Crippen molar-refractivity contribution in [2.24, 2.45) is 5.73 Å². The van der Waals surface area contributed by atoms with E-state index in [-0.39, 0.29) is 0 Å². The van der Waals surface area contributed by atoms with E-state index in [2.05, 4.69) is 42.8 Å². The Morgan fingerprint density at radius 3 is 2.50 bits per heavy atom. The Morgan fingerprint density at radius 2 is 2.00 bits per heavy atom. The third-order valence-corrected chi connectivity index (χ3v) is 4.16. The van der Waals surface area contributed by atoms with Crippen molar-refractivity contribution >= 4 is 15.9 Å². The molecule has 0 bridgehead atoms. The summed E-state index contributed by atoms with van der Waals surface area (Å²) < 4.78 is 6.83. The fraction of sp³-hybridized carbons (Fsp3) is 0.600. The number of nitrogens with two attached hydrogens (primary N) is 1. The maximum absolute atomic E-state index is 5.65. The number of ether oxygens (including phenoxy) is 1. The van der Waals surface area contributed by atoms with E-state index in [0.29, 0.717) is 5.92 Å². The topological polar surface area (TPSA) is 35.2 Å². The molecular formula is C15H24BrNO. The van der Waals surface area contributed by atoms with Crippen LogP contribution in [0.25, 0.3) is 0 Å². The van der Waals surface area contributed by atoms with Gasteiger partial charge >= 0.3 is 0 Å². The lowest BCUT2D eigenvalue weighted by Crippen LogP contribution is -2.04. The summed E-state index contributed by atoms with van der Waals surface area (Å²) in [6.07, 6.45) is 3.21. The van der Waals surface area contributed by atoms with Gasteiger partial charge in [-0.1, -0.05) is 29.8 Å². The van der Waals surface area contributed by atoms with Gasteiger partial charge in [-0.05, 0) is 61.4 Å². The van der Waals surface area contributed by atoms with Gasteiger partial charge in [-0.3, -0.25) is 0 Å². The SMILES string of the molecule is COc1c(C(C)C)cc(Br)c(C)c1CCCCN. The average Bonchev–Trinajstić information content (AvgIpc) is 2.34. The maximum atomic E-state index is 5.65. The quantitative estimate of drug-likeness (QED) is 0.800. The molecule has 102 valence electrons. The lowest BCUT2D eigenvalue weighted by molar-refractivity contribution is 0.401. The first-order valence-electron chi connectivity index (χ1n) is 6.58. The average molecular weight is 314 g/mol. The number of benzene rings is 1. The van der Waals surface area contributed by atoms with Crippen LogP contribution in [0.3, 0.4) is 0 Å². The van der Waals surface area contributed by atoms with E-state index in [9.17, 15) is 0 Å². The van der Waals surface area contributed by atoms with Crippen LogP contribution in [0.15, 0.2) is 10.5 Å². The summed E-state index contributed by atoms with van der Waals surface area (Å²) in [5.41, 5.74) is 9.45. The molecule has 0 aliphatic rings. The van der Waals surface area contributed by atoms with Gasteiger partial charge in [0.25, 0.3) is 0 Å². The lowest BCUT2D eigenvalue weighted by Gasteiger charge is -2.19. The van der Waals surface area contributed by atoms with Gasteiger partial charge in [0.05, 0.1) is 7.11 Å². The van der Waals surface area contributed by atoms with Crippen LogP contribution in [-0.2, 0) is 6.42 Å². The monoisotopic (exact) mass is 313 g/mol. The second-order valence-electron chi connectivity index (χ2n) is 4.98. The lowest BCUT2D eigenvalue weighted by atomic mass is 9.93. The molecule has 0 amide bonds. The molecule has 0 fully saturated rings. The third-order valence-electron chi connectivity index (χ3n) is 3.34. The standard InChI is InChI=1S/C15H24BrNO/c1-10(2)13-9-14(16)11(3)12(15(13)18-4)7-5-6-8-17/h9-10H,5-8,17H2,1-4H3. The van der Waals surface area contributed by atoms with Crippen molar-refractivity contribution in [2.75, 3.05) is 13.7 Å². The van der Waals surface area contributed by atoms with Crippen molar-refractivity contribution in [1.29, 1.82) is 0 Å². The summed E-state index contributed by atoms with van der Waals surface area (Å²) in [7, 11) is 1.76. The molecule has 0 heterocycles. The molecule has 2 N–H and O–H groups in total. The highest BCUT2D eigenvalue weighted by molar-refractivity contribution is 9.10. The summed E-state index contributed by atoms with van der Waals surface area (Å²) in [5, 5.41) is 0. The second kappa shape index (κ2) is 7.15. The van der Waals surface area contributed by atoms with E-state index in [0.717, 1.165) is 31.6 Å². The largest absolute Gasteiger partial charge is 0.496 e. The van der Waals surface area contributed by atoms with Gasteiger partial charge in [-0.15, -0.1) is 0 Å². The molecule has 0 saturated heterocycles. The van der Waals surface area contributed by atoms with Crippen LogP contribution in [-0.4, -0.2) is 13.7 Å². The fourth-order valence-electron chi connectivity index (χ4n) is 2.22. The molecule has 0 saturated carbocycles. The van der Waals surface area contributed by atoms with Crippen LogP contribution >= 0.6 is 15.9 Å². The van der Waals surface area contributed by atoms with E-state index in [1.165, 1.54) is 21.2 Å². The number of unbranched alkanes of at least 4 members (excludes halogenated alkanes) is 1. The van der Waals surface area contributed by atoms with Crippen molar-refractivity contribution < 1.29 is 4.74 Å². The van der Waals surface area contributed by atoms with E-state index in [4.69, 9.17) is 10.5 Å². The predicted molar refractivity (Wildman–Crippen MR) is 81.5 cm³/mol. The Hall–Kier alpha value is -0.540. The van der Waals surface area contributed by atoms with Crippen LogP contribution < -0.4 is 10.5 Å². The van der Waals surface area contributed by atoms with Gasteiger partial charge in [0.2, 0.25) is 0 Å². The van der Waals surface area contributed by atoms with E-state index in [1.807, 2.05) is 0 Å². The van der Waals surface area contributed by atoms with Gasteiger partial charge in [0, 0.05) is 4.47 Å². The van der Waals surface area contributed by atoms with Gasteiger partial charge in [-0.25, -0.2) is 0 Å². The van der Waals surface area contributed by atoms with E-state index in [1.54, 1.807) is 7.11 Å². The Labute approximate surface area is 119 Å². The van der Waals surface area contributed by atoms with Crippen molar-refractivity contribution in [3.05, 3.63) is 27.2 Å². The molecule has 0 atom stereocenters. The number of hydrogen-bond donors (Lipinski definition) is 1. The zero-order valence-electron chi connectivity index (χ0n) is 11.8. The highest BCUT2D eigenvalue weighted by atomic mass is 79.9. The van der Waals surface area contributed by atoms with E-state index >= 15 is 0 Å². The Bertz CT molecular complexity index is 402. The molecule has 0 radical (unpaired) electrons. The molecule has 18 heavy (non-hydrogen) atoms. The summed E-state index contributed by atoms with van der Waals surface area (Å²) in [6, 6.07) is 2.19. The number of halogens is 1. The van der Waals surface area contributed by atoms with Gasteiger partial charge in [0.1, 0.15) is 5.75 Å². The molecule has 0 aliphatic carbocycles. The van der Waals surface area contributed by atoms with Gasteiger partial charge in [0.15, 0.2) is 0 Å². The molecular weight excluding hydrogens is 290 g/mol. The van der Waals surface area contributed by atoms with Crippen LogP contribution in [0.2, 0.25) is 0 Å². The Morgan fingerprint density at radius 1 is 1.33 bits per heavy atom. The van der Waals surface area contributed by atoms with Crippen molar-refractivity contribution in [3.8, 4) is 5.75 Å². The normalized spacial score (nSPS) is 11.1. The molecule has 1 aromatic rings. The highest BCUT2D eigenvalue weighted by Crippen LogP contribution is 2.37. The molecule has 1 rings (SSSR count). The molecule has 0 aromatic heterocycles. The summed E-state index contributed by atoms with van der Waals surface area (Å²) >= 11 is 3.66. The molecule has 1 aromatic carbocycles. The fourth-order valence-corrected chi connectivity index (χ4v) is 2.70. The number of methoxy groups -OCH3 is 1. The van der Waals surface area contributed by atoms with Crippen LogP contribution in [0, 0.1) is 6.92 Å². The third kappa shape index (κ3) is 3.48. The smallest absolute Gasteiger partial charge is 0.125 e. The van der Waals surface area contributed by atoms with E-state index < -0.39 is 0 Å². The minimum absolute atomic E-state index is 0.463. The van der Waals surface area contributed by atoms with Crippen molar-refractivity contribution in [2.45, 2.75) is 46.0 Å². The van der Waals surface area contributed by atoms with Crippen LogP contribution in [0.5, 0.6) is 5.75 Å². The summed E-state index contributed by atoms with van der Waals surface area (Å²) in [6.45, 7) is 7.30. The first-order chi connectivity index (χ1) is 8.52. The number of rotatable bonds is 6. The summed E-state index contributed by atoms with van der Waals surface area (Å²) in [5.74, 6) is 1.52. The zero-order valence-corrected chi connectivity index (χ0v) is 13.4. The first kappa shape index (κ1) is 15.5. The first-order valence-corrected chi connectivity index (χ1v) is 7.38. The van der Waals surface area contributed by atoms with Crippen LogP contribution in [0.4, 0.5) is 0 Å². The molecule has 0 spiro atoms. The minimum Gasteiger partial charge on any atom is -0.496 e. The van der Waals surface area contributed by atoms with Crippen molar-refractivity contribution in [3.63, 3.8) is 0 Å². The Balaban J connectivity index is 3.18. The van der Waals surface area contributed by atoms with Crippen molar-refractivity contribution in [1.82, 2.24) is 0 Å². The molecule has 0 unspecified atom stereocenters. The van der Waals surface area contributed by atoms with Crippen LogP contribution in [0.1, 0.15) is 49.3 Å². The minimum atomic E-state index is 0.463. The predicted octanol–water partition coefficient (Wildman–Crippen LogP) is 4.17.